The lowest BCUT2D eigenvalue weighted by Gasteiger charge is -2.33. The molecular formula is C27H27F4N5OS. The fourth-order valence-electron chi connectivity index (χ4n) is 4.72. The molecule has 1 aliphatic rings. The van der Waals surface area contributed by atoms with Gasteiger partial charge in [-0.15, -0.1) is 11.3 Å². The molecular weight excluding hydrogens is 518 g/mol. The molecule has 1 aliphatic heterocycles. The second-order valence-electron chi connectivity index (χ2n) is 9.47. The Morgan fingerprint density at radius 3 is 2.68 bits per heavy atom. The molecule has 0 radical (unpaired) electrons. The summed E-state index contributed by atoms with van der Waals surface area (Å²) in [6.45, 7) is 0.0500. The number of alkyl halides is 4. The highest BCUT2D eigenvalue weighted by molar-refractivity contribution is 7.15. The summed E-state index contributed by atoms with van der Waals surface area (Å²) in [6.07, 6.45) is -3.39. The number of anilines is 1. The number of halogens is 4. The SMILES string of the molecule is CN1CC[C@H](Nc2cccc3c2cc(-c2ncc(CNC(=O)c4ccccc4)s2)n3CC(F)(F)F)[C@H](F)C1. The maximum absolute atomic E-state index is 14.7. The topological polar surface area (TPSA) is 62.2 Å². The quantitative estimate of drug-likeness (QED) is 0.292. The van der Waals surface area contributed by atoms with Crippen LogP contribution in [0, 0.1) is 0 Å². The first-order valence-electron chi connectivity index (χ1n) is 12.2. The smallest absolute Gasteiger partial charge is 0.379 e. The second-order valence-corrected chi connectivity index (χ2v) is 10.6. The number of nitrogens with one attached hydrogen (secondary N) is 2. The number of fused-ring (bicyclic) bond motifs is 1. The molecule has 1 saturated heterocycles. The van der Waals surface area contributed by atoms with E-state index in [2.05, 4.69) is 15.6 Å². The molecule has 2 N–H and O–H groups in total. The van der Waals surface area contributed by atoms with Crippen LogP contribution in [-0.4, -0.2) is 58.9 Å². The average Bonchev–Trinajstić information content (AvgIpc) is 3.49. The van der Waals surface area contributed by atoms with Gasteiger partial charge in [0.1, 0.15) is 17.7 Å². The lowest BCUT2D eigenvalue weighted by molar-refractivity contribution is -0.139. The molecule has 6 nitrogen and oxygen atoms in total. The normalized spacial score (nSPS) is 18.6. The Bertz CT molecular complexity index is 1420. The highest BCUT2D eigenvalue weighted by Gasteiger charge is 2.32. The number of nitrogens with zero attached hydrogens (tertiary/aromatic N) is 3. The van der Waals surface area contributed by atoms with E-state index in [0.29, 0.717) is 50.7 Å². The standard InChI is InChI=1S/C27H27F4N5OS/c1-35-11-10-22(20(28)15-35)34-21-8-5-9-23-19(21)12-24(36(23)16-27(29,30)31)26-33-14-18(38-26)13-32-25(37)17-6-3-2-4-7-17/h2-9,12,14,20,22,34H,10-11,13,15-16H2,1H3,(H,32,37)/t20-,22+/m1/s1. The molecule has 0 aliphatic carbocycles. The summed E-state index contributed by atoms with van der Waals surface area (Å²) in [5, 5.41) is 7.04. The molecule has 2 aromatic heterocycles. The molecule has 1 fully saturated rings. The summed E-state index contributed by atoms with van der Waals surface area (Å²) in [5.74, 6) is -0.248. The first-order valence-corrected chi connectivity index (χ1v) is 13.1. The average molecular weight is 546 g/mol. The first kappa shape index (κ1) is 26.2. The van der Waals surface area contributed by atoms with Crippen molar-refractivity contribution >= 4 is 33.8 Å². The number of hydrogen-bond acceptors (Lipinski definition) is 5. The van der Waals surface area contributed by atoms with Crippen molar-refractivity contribution in [3.8, 4) is 10.7 Å². The Hall–Kier alpha value is -3.44. The van der Waals surface area contributed by atoms with Crippen molar-refractivity contribution in [1.29, 1.82) is 0 Å². The highest BCUT2D eigenvalue weighted by Crippen LogP contribution is 2.37. The van der Waals surface area contributed by atoms with E-state index in [1.807, 2.05) is 18.0 Å². The number of amides is 1. The monoisotopic (exact) mass is 545 g/mol. The van der Waals surface area contributed by atoms with Crippen molar-refractivity contribution in [2.75, 3.05) is 25.5 Å². The molecule has 5 rings (SSSR count). The van der Waals surface area contributed by atoms with E-state index >= 15 is 0 Å². The number of hydrogen-bond donors (Lipinski definition) is 2. The van der Waals surface area contributed by atoms with Gasteiger partial charge in [-0.3, -0.25) is 4.79 Å². The van der Waals surface area contributed by atoms with E-state index in [9.17, 15) is 22.4 Å². The number of aromatic nitrogens is 2. The van der Waals surface area contributed by atoms with Crippen LogP contribution in [0.5, 0.6) is 0 Å². The minimum absolute atomic E-state index is 0.200. The Morgan fingerprint density at radius 1 is 1.16 bits per heavy atom. The molecule has 0 unspecified atom stereocenters. The third kappa shape index (κ3) is 5.83. The number of carbonyl (C=O) groups excluding carboxylic acids is 1. The van der Waals surface area contributed by atoms with Gasteiger partial charge in [0.05, 0.1) is 23.8 Å². The Morgan fingerprint density at radius 2 is 1.95 bits per heavy atom. The van der Waals surface area contributed by atoms with Crippen LogP contribution in [0.15, 0.2) is 60.8 Å². The van der Waals surface area contributed by atoms with E-state index in [4.69, 9.17) is 0 Å². The fraction of sp³-hybridized carbons (Fsp3) is 0.333. The van der Waals surface area contributed by atoms with Crippen molar-refractivity contribution in [2.45, 2.75) is 37.9 Å². The van der Waals surface area contributed by atoms with E-state index in [-0.39, 0.29) is 12.5 Å². The molecule has 1 amide bonds. The zero-order valence-corrected chi connectivity index (χ0v) is 21.5. The van der Waals surface area contributed by atoms with E-state index < -0.39 is 24.9 Å². The lowest BCUT2D eigenvalue weighted by Crippen LogP contribution is -2.46. The van der Waals surface area contributed by atoms with Crippen molar-refractivity contribution in [2.24, 2.45) is 0 Å². The van der Waals surface area contributed by atoms with Gasteiger partial charge in [0.2, 0.25) is 0 Å². The Labute approximate surface area is 221 Å². The predicted octanol–water partition coefficient (Wildman–Crippen LogP) is 5.71. The van der Waals surface area contributed by atoms with Crippen LogP contribution < -0.4 is 10.6 Å². The molecule has 200 valence electrons. The molecule has 4 aromatic rings. The molecule has 11 heteroatoms. The molecule has 2 aromatic carbocycles. The van der Waals surface area contributed by atoms with Gasteiger partial charge < -0.3 is 20.1 Å². The van der Waals surface area contributed by atoms with Gasteiger partial charge in [0.15, 0.2) is 0 Å². The molecule has 38 heavy (non-hydrogen) atoms. The number of rotatable bonds is 7. The summed E-state index contributed by atoms with van der Waals surface area (Å²) in [4.78, 5) is 19.4. The van der Waals surface area contributed by atoms with Crippen LogP contribution in [0.1, 0.15) is 21.7 Å². The second kappa shape index (κ2) is 10.7. The summed E-state index contributed by atoms with van der Waals surface area (Å²) in [6, 6.07) is 15.1. The lowest BCUT2D eigenvalue weighted by atomic mass is 10.0. The third-order valence-electron chi connectivity index (χ3n) is 6.60. The number of piperidine rings is 1. The van der Waals surface area contributed by atoms with Gasteiger partial charge in [-0.1, -0.05) is 24.3 Å². The van der Waals surface area contributed by atoms with Crippen LogP contribution in [0.25, 0.3) is 21.6 Å². The number of likely N-dealkylation sites (tertiary alicyclic amines) is 1. The minimum atomic E-state index is -4.45. The summed E-state index contributed by atoms with van der Waals surface area (Å²) in [5.41, 5.74) is 1.81. The van der Waals surface area contributed by atoms with Crippen LogP contribution in [-0.2, 0) is 13.1 Å². The van der Waals surface area contributed by atoms with Crippen molar-refractivity contribution in [1.82, 2.24) is 19.8 Å². The summed E-state index contributed by atoms with van der Waals surface area (Å²) in [7, 11) is 1.86. The predicted molar refractivity (Wildman–Crippen MR) is 141 cm³/mol. The van der Waals surface area contributed by atoms with Crippen molar-refractivity contribution in [3.63, 3.8) is 0 Å². The van der Waals surface area contributed by atoms with Crippen molar-refractivity contribution < 1.29 is 22.4 Å². The third-order valence-corrected chi connectivity index (χ3v) is 7.62. The molecule has 0 saturated carbocycles. The number of carbonyl (C=O) groups is 1. The zero-order chi connectivity index (χ0) is 26.9. The van der Waals surface area contributed by atoms with E-state index in [1.54, 1.807) is 54.7 Å². The number of thiazole rings is 1. The largest absolute Gasteiger partial charge is 0.406 e. The van der Waals surface area contributed by atoms with E-state index in [0.717, 1.165) is 6.54 Å². The van der Waals surface area contributed by atoms with Crippen LogP contribution in [0.3, 0.4) is 0 Å². The van der Waals surface area contributed by atoms with Gasteiger partial charge in [-0.2, -0.15) is 13.2 Å². The minimum Gasteiger partial charge on any atom is -0.379 e. The highest BCUT2D eigenvalue weighted by atomic mass is 32.1. The maximum atomic E-state index is 14.7. The maximum Gasteiger partial charge on any atom is 0.406 e. The van der Waals surface area contributed by atoms with Crippen LogP contribution >= 0.6 is 11.3 Å². The van der Waals surface area contributed by atoms with Gasteiger partial charge in [0.25, 0.3) is 5.91 Å². The first-order chi connectivity index (χ1) is 18.2. The fourth-order valence-corrected chi connectivity index (χ4v) is 5.60. The molecule has 0 spiro atoms. The van der Waals surface area contributed by atoms with Crippen molar-refractivity contribution in [3.05, 3.63) is 71.2 Å². The molecule has 0 bridgehead atoms. The van der Waals surface area contributed by atoms with Crippen LogP contribution in [0.2, 0.25) is 0 Å². The molecule has 2 atom stereocenters. The van der Waals surface area contributed by atoms with Gasteiger partial charge in [-0.05, 0) is 43.8 Å². The van der Waals surface area contributed by atoms with Gasteiger partial charge >= 0.3 is 6.18 Å². The number of benzene rings is 2. The zero-order valence-electron chi connectivity index (χ0n) is 20.6. The van der Waals surface area contributed by atoms with Gasteiger partial charge in [0, 0.05) is 40.8 Å². The van der Waals surface area contributed by atoms with Crippen LogP contribution in [0.4, 0.5) is 23.2 Å². The van der Waals surface area contributed by atoms with E-state index in [1.165, 1.54) is 15.9 Å². The Balaban J connectivity index is 1.44. The summed E-state index contributed by atoms with van der Waals surface area (Å²) < 4.78 is 56.8. The Kier molecular flexibility index (Phi) is 7.40. The summed E-state index contributed by atoms with van der Waals surface area (Å²) >= 11 is 1.22. The molecule has 3 heterocycles. The van der Waals surface area contributed by atoms with Gasteiger partial charge in [-0.25, -0.2) is 9.37 Å².